The molecule has 0 saturated carbocycles. The Balaban J connectivity index is 2.06. The van der Waals surface area contributed by atoms with E-state index in [4.69, 9.17) is 5.84 Å². The summed E-state index contributed by atoms with van der Waals surface area (Å²) in [6.45, 7) is 2.14. The van der Waals surface area contributed by atoms with E-state index in [1.807, 2.05) is 0 Å². The van der Waals surface area contributed by atoms with Gasteiger partial charge in [-0.3, -0.25) is 11.3 Å². The van der Waals surface area contributed by atoms with Gasteiger partial charge in [0, 0.05) is 15.4 Å². The molecule has 0 aliphatic rings. The van der Waals surface area contributed by atoms with Crippen LogP contribution in [0.5, 0.6) is 0 Å². The van der Waals surface area contributed by atoms with Gasteiger partial charge in [0.15, 0.2) is 0 Å². The Bertz CT molecular complexity index is 510. The van der Waals surface area contributed by atoms with Crippen molar-refractivity contribution >= 4 is 27.3 Å². The molecule has 0 radical (unpaired) electrons. The quantitative estimate of drug-likeness (QED) is 0.653. The van der Waals surface area contributed by atoms with Crippen molar-refractivity contribution in [1.29, 1.82) is 0 Å². The Morgan fingerprint density at radius 3 is 2.67 bits per heavy atom. The average molecular weight is 325 g/mol. The Morgan fingerprint density at radius 1 is 1.28 bits per heavy atom. The van der Waals surface area contributed by atoms with Crippen molar-refractivity contribution in [3.05, 3.63) is 56.2 Å². The van der Waals surface area contributed by atoms with Gasteiger partial charge in [0.25, 0.3) is 0 Å². The Hall–Kier alpha value is -0.680. The smallest absolute Gasteiger partial charge is 0.0314 e. The van der Waals surface area contributed by atoms with Crippen LogP contribution in [0.2, 0.25) is 0 Å². The molecular weight excluding hydrogens is 308 g/mol. The highest BCUT2D eigenvalue weighted by Gasteiger charge is 2.12. The van der Waals surface area contributed by atoms with Crippen LogP contribution >= 0.6 is 27.3 Å². The fourth-order valence-electron chi connectivity index (χ4n) is 1.99. The average Bonchev–Trinajstić information content (AvgIpc) is 2.77. The molecule has 2 aromatic rings. The summed E-state index contributed by atoms with van der Waals surface area (Å²) in [5.74, 6) is 5.68. The van der Waals surface area contributed by atoms with Gasteiger partial charge in [-0.1, -0.05) is 24.3 Å². The molecule has 2 rings (SSSR count). The van der Waals surface area contributed by atoms with Gasteiger partial charge in [0.2, 0.25) is 0 Å². The van der Waals surface area contributed by atoms with Crippen molar-refractivity contribution in [3.63, 3.8) is 0 Å². The van der Waals surface area contributed by atoms with Crippen LogP contribution in [0.4, 0.5) is 0 Å². The van der Waals surface area contributed by atoms with Crippen LogP contribution < -0.4 is 11.3 Å². The van der Waals surface area contributed by atoms with Gasteiger partial charge < -0.3 is 0 Å². The molecule has 0 spiro atoms. The molecule has 1 atom stereocenters. The molecule has 0 aliphatic carbocycles. The molecule has 3 N–H and O–H groups in total. The lowest BCUT2D eigenvalue weighted by Gasteiger charge is -2.16. The highest BCUT2D eigenvalue weighted by molar-refractivity contribution is 9.10. The molecule has 1 aromatic heterocycles. The monoisotopic (exact) mass is 324 g/mol. The number of nitrogens with two attached hydrogens (primary N) is 1. The maximum atomic E-state index is 5.68. The fraction of sp³-hybridized carbons (Fsp3) is 0.286. The Kier molecular flexibility index (Phi) is 4.95. The molecule has 0 amide bonds. The number of aryl methyl sites for hydroxylation is 1. The first-order valence-corrected chi connectivity index (χ1v) is 7.60. The molecule has 1 aromatic carbocycles. The van der Waals surface area contributed by atoms with Gasteiger partial charge in [-0.25, -0.2) is 0 Å². The van der Waals surface area contributed by atoms with E-state index in [1.165, 1.54) is 20.5 Å². The predicted molar refractivity (Wildman–Crippen MR) is 81.7 cm³/mol. The summed E-state index contributed by atoms with van der Waals surface area (Å²) in [4.78, 5) is 1.34. The number of thiophene rings is 1. The molecule has 0 fully saturated rings. The van der Waals surface area contributed by atoms with Gasteiger partial charge in [-0.2, -0.15) is 0 Å². The summed E-state index contributed by atoms with van der Waals surface area (Å²) in [7, 11) is 0. The van der Waals surface area contributed by atoms with Crippen molar-refractivity contribution in [2.24, 2.45) is 5.84 Å². The van der Waals surface area contributed by atoms with Crippen molar-refractivity contribution < 1.29 is 0 Å². The molecular formula is C14H17BrN2S. The summed E-state index contributed by atoms with van der Waals surface area (Å²) in [6.07, 6.45) is 1.90. The molecule has 1 unspecified atom stereocenters. The van der Waals surface area contributed by atoms with Crippen LogP contribution in [-0.2, 0) is 12.8 Å². The first kappa shape index (κ1) is 13.7. The minimum Gasteiger partial charge on any atom is -0.271 e. The summed E-state index contributed by atoms with van der Waals surface area (Å²) < 4.78 is 1.18. The van der Waals surface area contributed by atoms with E-state index in [-0.39, 0.29) is 6.04 Å². The second-order valence-corrected chi connectivity index (χ2v) is 6.25. The Morgan fingerprint density at radius 2 is 2.06 bits per heavy atom. The maximum absolute atomic E-state index is 5.68. The van der Waals surface area contributed by atoms with Gasteiger partial charge >= 0.3 is 0 Å². The highest BCUT2D eigenvalue weighted by atomic mass is 79.9. The standard InChI is InChI=1S/C14H17BrN2S/c1-10-4-2-3-5-11(10)8-12(17-16)9-14-13(15)6-7-18-14/h2-7,12,17H,8-9,16H2,1H3. The summed E-state index contributed by atoms with van der Waals surface area (Å²) in [5, 5.41) is 2.10. The summed E-state index contributed by atoms with van der Waals surface area (Å²) >= 11 is 5.33. The first-order valence-electron chi connectivity index (χ1n) is 5.93. The van der Waals surface area contributed by atoms with Crippen LogP contribution in [0, 0.1) is 6.92 Å². The lowest BCUT2D eigenvalue weighted by Crippen LogP contribution is -2.38. The molecule has 2 nitrogen and oxygen atoms in total. The minimum absolute atomic E-state index is 0.265. The van der Waals surface area contributed by atoms with Crippen LogP contribution in [-0.4, -0.2) is 6.04 Å². The van der Waals surface area contributed by atoms with E-state index in [9.17, 15) is 0 Å². The topological polar surface area (TPSA) is 38.0 Å². The number of hydrazine groups is 1. The zero-order chi connectivity index (χ0) is 13.0. The van der Waals surface area contributed by atoms with E-state index in [1.54, 1.807) is 11.3 Å². The predicted octanol–water partition coefficient (Wildman–Crippen LogP) is 3.44. The lowest BCUT2D eigenvalue weighted by molar-refractivity contribution is 0.524. The summed E-state index contributed by atoms with van der Waals surface area (Å²) in [5.41, 5.74) is 5.61. The highest BCUT2D eigenvalue weighted by Crippen LogP contribution is 2.24. The van der Waals surface area contributed by atoms with Gasteiger partial charge in [0.1, 0.15) is 0 Å². The number of rotatable bonds is 5. The van der Waals surface area contributed by atoms with Gasteiger partial charge in [-0.15, -0.1) is 11.3 Å². The first-order chi connectivity index (χ1) is 8.70. The number of nitrogens with one attached hydrogen (secondary N) is 1. The SMILES string of the molecule is Cc1ccccc1CC(Cc1sccc1Br)NN. The van der Waals surface area contributed by atoms with E-state index in [0.29, 0.717) is 0 Å². The minimum atomic E-state index is 0.265. The molecule has 4 heteroatoms. The second-order valence-electron chi connectivity index (χ2n) is 4.39. The Labute approximate surface area is 120 Å². The van der Waals surface area contributed by atoms with Crippen molar-refractivity contribution in [3.8, 4) is 0 Å². The molecule has 0 saturated heterocycles. The largest absolute Gasteiger partial charge is 0.271 e. The van der Waals surface area contributed by atoms with Crippen molar-refractivity contribution in [2.45, 2.75) is 25.8 Å². The van der Waals surface area contributed by atoms with Crippen LogP contribution in [0.25, 0.3) is 0 Å². The molecule has 0 bridgehead atoms. The third-order valence-electron chi connectivity index (χ3n) is 3.09. The zero-order valence-corrected chi connectivity index (χ0v) is 12.7. The van der Waals surface area contributed by atoms with Crippen molar-refractivity contribution in [2.75, 3.05) is 0 Å². The molecule has 18 heavy (non-hydrogen) atoms. The van der Waals surface area contributed by atoms with Crippen LogP contribution in [0.3, 0.4) is 0 Å². The number of benzene rings is 1. The molecule has 96 valence electrons. The lowest BCUT2D eigenvalue weighted by atomic mass is 9.99. The van der Waals surface area contributed by atoms with E-state index in [2.05, 4.69) is 64.0 Å². The molecule has 0 aliphatic heterocycles. The normalized spacial score (nSPS) is 12.6. The summed E-state index contributed by atoms with van der Waals surface area (Å²) in [6, 6.07) is 10.8. The number of hydrogen-bond acceptors (Lipinski definition) is 3. The maximum Gasteiger partial charge on any atom is 0.0314 e. The van der Waals surface area contributed by atoms with E-state index < -0.39 is 0 Å². The van der Waals surface area contributed by atoms with Crippen LogP contribution in [0.1, 0.15) is 16.0 Å². The van der Waals surface area contributed by atoms with E-state index in [0.717, 1.165) is 12.8 Å². The van der Waals surface area contributed by atoms with Crippen LogP contribution in [0.15, 0.2) is 40.2 Å². The van der Waals surface area contributed by atoms with Gasteiger partial charge in [0.05, 0.1) is 0 Å². The fourth-order valence-corrected chi connectivity index (χ4v) is 3.58. The third kappa shape index (κ3) is 3.42. The second kappa shape index (κ2) is 6.48. The third-order valence-corrected chi connectivity index (χ3v) is 5.03. The van der Waals surface area contributed by atoms with Gasteiger partial charge in [-0.05, 0) is 58.3 Å². The number of hydrogen-bond donors (Lipinski definition) is 2. The molecule has 1 heterocycles. The van der Waals surface area contributed by atoms with Crippen molar-refractivity contribution in [1.82, 2.24) is 5.43 Å². The zero-order valence-electron chi connectivity index (χ0n) is 10.3. The number of halogens is 1. The van der Waals surface area contributed by atoms with E-state index >= 15 is 0 Å².